The predicted molar refractivity (Wildman–Crippen MR) is 58.6 cm³/mol. The summed E-state index contributed by atoms with van der Waals surface area (Å²) >= 11 is 1.70. The molecule has 0 spiro atoms. The smallest absolute Gasteiger partial charge is 0.144 e. The first-order valence-corrected chi connectivity index (χ1v) is 5.37. The van der Waals surface area contributed by atoms with Crippen LogP contribution in [0.1, 0.15) is 21.8 Å². The molecule has 0 saturated carbocycles. The highest BCUT2D eigenvalue weighted by Gasteiger charge is 2.12. The van der Waals surface area contributed by atoms with Gasteiger partial charge in [0.2, 0.25) is 0 Å². The molecule has 14 heavy (non-hydrogen) atoms. The average Bonchev–Trinajstić information content (AvgIpc) is 2.61. The van der Waals surface area contributed by atoms with Gasteiger partial charge >= 0.3 is 0 Å². The molecule has 2 heterocycles. The van der Waals surface area contributed by atoms with Crippen LogP contribution in [0.5, 0.6) is 0 Å². The maximum atomic E-state index is 4.49. The molecule has 0 unspecified atom stereocenters. The molecule has 2 aromatic heterocycles. The van der Waals surface area contributed by atoms with E-state index in [1.54, 1.807) is 11.3 Å². The third-order valence-electron chi connectivity index (χ3n) is 2.48. The van der Waals surface area contributed by atoms with Crippen molar-refractivity contribution in [2.24, 2.45) is 0 Å². The van der Waals surface area contributed by atoms with Crippen molar-refractivity contribution < 1.29 is 0 Å². The number of nitrogens with one attached hydrogen (secondary N) is 1. The molecular weight excluding hydrogens is 194 g/mol. The summed E-state index contributed by atoms with van der Waals surface area (Å²) in [6.45, 7) is 8.22. The number of H-pyrrole nitrogens is 1. The third-order valence-corrected chi connectivity index (χ3v) is 3.56. The summed E-state index contributed by atoms with van der Waals surface area (Å²) in [6, 6.07) is 0. The molecule has 4 heteroatoms. The molecule has 2 rings (SSSR count). The maximum absolute atomic E-state index is 4.49. The highest BCUT2D eigenvalue weighted by Crippen LogP contribution is 2.28. The van der Waals surface area contributed by atoms with Crippen LogP contribution in [0.3, 0.4) is 0 Å². The van der Waals surface area contributed by atoms with Gasteiger partial charge in [0.25, 0.3) is 0 Å². The van der Waals surface area contributed by atoms with E-state index in [0.717, 1.165) is 22.1 Å². The van der Waals surface area contributed by atoms with E-state index >= 15 is 0 Å². The fourth-order valence-electron chi connectivity index (χ4n) is 1.27. The number of nitrogens with zero attached hydrogens (tertiary/aromatic N) is 2. The first-order valence-electron chi connectivity index (χ1n) is 4.55. The number of aromatic amines is 1. The third kappa shape index (κ3) is 1.35. The van der Waals surface area contributed by atoms with E-state index in [-0.39, 0.29) is 0 Å². The Morgan fingerprint density at radius 1 is 1.14 bits per heavy atom. The SMILES string of the molecule is Cc1nc(-c2n[nH]c(C)c2C)sc1C. The largest absolute Gasteiger partial charge is 0.282 e. The number of thiazole rings is 1. The van der Waals surface area contributed by atoms with Crippen LogP contribution < -0.4 is 0 Å². The predicted octanol–water partition coefficient (Wildman–Crippen LogP) is 2.77. The van der Waals surface area contributed by atoms with Gasteiger partial charge in [-0.1, -0.05) is 0 Å². The van der Waals surface area contributed by atoms with Crippen molar-refractivity contribution in [2.75, 3.05) is 0 Å². The lowest BCUT2D eigenvalue weighted by Gasteiger charge is -1.90. The summed E-state index contributed by atoms with van der Waals surface area (Å²) in [6.07, 6.45) is 0. The van der Waals surface area contributed by atoms with Gasteiger partial charge in [-0.05, 0) is 27.7 Å². The number of hydrogen-bond donors (Lipinski definition) is 1. The van der Waals surface area contributed by atoms with Crippen molar-refractivity contribution in [3.05, 3.63) is 21.8 Å². The van der Waals surface area contributed by atoms with E-state index in [9.17, 15) is 0 Å². The van der Waals surface area contributed by atoms with Gasteiger partial charge in [0.05, 0.1) is 5.69 Å². The van der Waals surface area contributed by atoms with E-state index in [4.69, 9.17) is 0 Å². The summed E-state index contributed by atoms with van der Waals surface area (Å²) < 4.78 is 0. The lowest BCUT2D eigenvalue weighted by Crippen LogP contribution is -1.80. The fourth-order valence-corrected chi connectivity index (χ4v) is 2.23. The summed E-state index contributed by atoms with van der Waals surface area (Å²) in [5, 5.41) is 8.26. The fraction of sp³-hybridized carbons (Fsp3) is 0.400. The molecule has 0 bridgehead atoms. The van der Waals surface area contributed by atoms with Crippen LogP contribution in [-0.4, -0.2) is 15.2 Å². The number of aryl methyl sites for hydroxylation is 3. The molecular formula is C10H13N3S. The van der Waals surface area contributed by atoms with Gasteiger partial charge in [-0.15, -0.1) is 11.3 Å². The second-order valence-electron chi connectivity index (χ2n) is 3.48. The van der Waals surface area contributed by atoms with E-state index < -0.39 is 0 Å². The minimum absolute atomic E-state index is 0.990. The molecule has 0 aromatic carbocycles. The summed E-state index contributed by atoms with van der Waals surface area (Å²) in [5.74, 6) is 0. The normalized spacial score (nSPS) is 10.9. The molecule has 0 aliphatic carbocycles. The zero-order valence-corrected chi connectivity index (χ0v) is 9.62. The van der Waals surface area contributed by atoms with E-state index in [1.807, 2.05) is 13.8 Å². The van der Waals surface area contributed by atoms with Crippen molar-refractivity contribution in [1.82, 2.24) is 15.2 Å². The highest BCUT2D eigenvalue weighted by atomic mass is 32.1. The van der Waals surface area contributed by atoms with E-state index in [0.29, 0.717) is 0 Å². The Bertz CT molecular complexity index is 448. The van der Waals surface area contributed by atoms with Crippen LogP contribution in [0, 0.1) is 27.7 Å². The Morgan fingerprint density at radius 2 is 1.86 bits per heavy atom. The molecule has 0 saturated heterocycles. The van der Waals surface area contributed by atoms with Crippen molar-refractivity contribution in [3.8, 4) is 10.7 Å². The van der Waals surface area contributed by atoms with Crippen LogP contribution in [0.4, 0.5) is 0 Å². The van der Waals surface area contributed by atoms with Gasteiger partial charge in [0, 0.05) is 16.1 Å². The molecule has 1 N–H and O–H groups in total. The van der Waals surface area contributed by atoms with Crippen LogP contribution in [0.25, 0.3) is 10.7 Å². The Labute approximate surface area is 87.2 Å². The van der Waals surface area contributed by atoms with Crippen LogP contribution >= 0.6 is 11.3 Å². The van der Waals surface area contributed by atoms with Gasteiger partial charge < -0.3 is 0 Å². The van der Waals surface area contributed by atoms with E-state index in [2.05, 4.69) is 29.0 Å². The minimum atomic E-state index is 0.990. The number of rotatable bonds is 1. The zero-order valence-electron chi connectivity index (χ0n) is 8.80. The molecule has 0 fully saturated rings. The second kappa shape index (κ2) is 3.20. The van der Waals surface area contributed by atoms with Gasteiger partial charge in [-0.25, -0.2) is 4.98 Å². The van der Waals surface area contributed by atoms with Crippen molar-refractivity contribution in [2.45, 2.75) is 27.7 Å². The molecule has 0 atom stereocenters. The zero-order chi connectivity index (χ0) is 10.3. The Hall–Kier alpha value is -1.16. The van der Waals surface area contributed by atoms with Crippen molar-refractivity contribution in [3.63, 3.8) is 0 Å². The van der Waals surface area contributed by atoms with Crippen LogP contribution in [0.15, 0.2) is 0 Å². The topological polar surface area (TPSA) is 41.6 Å². The first kappa shape index (κ1) is 9.40. The lowest BCUT2D eigenvalue weighted by atomic mass is 10.2. The summed E-state index contributed by atoms with van der Waals surface area (Å²) in [4.78, 5) is 5.75. The van der Waals surface area contributed by atoms with E-state index in [1.165, 1.54) is 10.4 Å². The maximum Gasteiger partial charge on any atom is 0.144 e. The van der Waals surface area contributed by atoms with Gasteiger partial charge in [-0.2, -0.15) is 5.10 Å². The Balaban J connectivity index is 2.54. The second-order valence-corrected chi connectivity index (χ2v) is 4.69. The average molecular weight is 207 g/mol. The summed E-state index contributed by atoms with van der Waals surface area (Å²) in [5.41, 5.74) is 4.40. The Kier molecular flexibility index (Phi) is 2.15. The monoisotopic (exact) mass is 207 g/mol. The van der Waals surface area contributed by atoms with Gasteiger partial charge in [-0.3, -0.25) is 5.10 Å². The van der Waals surface area contributed by atoms with Crippen molar-refractivity contribution in [1.29, 1.82) is 0 Å². The molecule has 0 aliphatic heterocycles. The molecule has 0 radical (unpaired) electrons. The van der Waals surface area contributed by atoms with Crippen LogP contribution in [-0.2, 0) is 0 Å². The molecule has 3 nitrogen and oxygen atoms in total. The molecule has 0 amide bonds. The molecule has 74 valence electrons. The number of hydrogen-bond acceptors (Lipinski definition) is 3. The first-order chi connectivity index (χ1) is 6.59. The quantitative estimate of drug-likeness (QED) is 0.781. The number of aromatic nitrogens is 3. The molecule has 2 aromatic rings. The van der Waals surface area contributed by atoms with Crippen molar-refractivity contribution >= 4 is 11.3 Å². The summed E-state index contributed by atoms with van der Waals surface area (Å²) in [7, 11) is 0. The highest BCUT2D eigenvalue weighted by molar-refractivity contribution is 7.15. The molecule has 0 aliphatic rings. The van der Waals surface area contributed by atoms with Gasteiger partial charge in [0.15, 0.2) is 0 Å². The standard InChI is InChI=1S/C10H13N3S/c1-5-6(2)12-13-9(5)10-11-7(3)8(4)14-10/h1-4H3,(H,12,13). The lowest BCUT2D eigenvalue weighted by molar-refractivity contribution is 1.05. The van der Waals surface area contributed by atoms with Gasteiger partial charge in [0.1, 0.15) is 10.7 Å². The Morgan fingerprint density at radius 3 is 2.29 bits per heavy atom. The van der Waals surface area contributed by atoms with Crippen LogP contribution in [0.2, 0.25) is 0 Å². The minimum Gasteiger partial charge on any atom is -0.282 e.